The summed E-state index contributed by atoms with van der Waals surface area (Å²) in [5.41, 5.74) is 1.21. The number of hydrogen-bond acceptors (Lipinski definition) is 5. The van der Waals surface area contributed by atoms with Crippen molar-refractivity contribution in [1.29, 1.82) is 5.26 Å². The number of rotatable bonds is 4. The normalized spacial score (nSPS) is 16.8. The van der Waals surface area contributed by atoms with E-state index in [-0.39, 0.29) is 18.7 Å². The number of carbonyl (C=O) groups excluding carboxylic acids is 1. The fourth-order valence-corrected chi connectivity index (χ4v) is 1.64. The van der Waals surface area contributed by atoms with Crippen molar-refractivity contribution in [3.8, 4) is 6.07 Å². The minimum atomic E-state index is -1.19. The molecule has 1 heterocycles. The molecule has 1 aromatic carbocycles. The summed E-state index contributed by atoms with van der Waals surface area (Å²) >= 11 is 0. The van der Waals surface area contributed by atoms with Crippen LogP contribution in [0.15, 0.2) is 29.4 Å². The lowest BCUT2D eigenvalue weighted by Gasteiger charge is -2.09. The molecule has 1 unspecified atom stereocenters. The Kier molecular flexibility index (Phi) is 3.96. The van der Waals surface area contributed by atoms with Gasteiger partial charge in [0.25, 0.3) is 5.91 Å². The Morgan fingerprint density at radius 3 is 2.70 bits per heavy atom. The summed E-state index contributed by atoms with van der Waals surface area (Å²) in [5, 5.41) is 23.3. The molecule has 0 aliphatic carbocycles. The van der Waals surface area contributed by atoms with Crippen LogP contribution in [0.25, 0.3) is 0 Å². The first-order valence-corrected chi connectivity index (χ1v) is 5.83. The van der Waals surface area contributed by atoms with Crippen LogP contribution in [-0.2, 0) is 21.0 Å². The smallest absolute Gasteiger partial charge is 0.353 e. The van der Waals surface area contributed by atoms with E-state index >= 15 is 0 Å². The molecule has 102 valence electrons. The highest BCUT2D eigenvalue weighted by molar-refractivity contribution is 6.36. The van der Waals surface area contributed by atoms with Gasteiger partial charge in [0.05, 0.1) is 11.6 Å². The van der Waals surface area contributed by atoms with E-state index in [9.17, 15) is 9.59 Å². The predicted molar refractivity (Wildman–Crippen MR) is 67.6 cm³/mol. The van der Waals surface area contributed by atoms with Crippen LogP contribution in [0.1, 0.15) is 17.5 Å². The van der Waals surface area contributed by atoms with Crippen LogP contribution in [0.3, 0.4) is 0 Å². The van der Waals surface area contributed by atoms with Crippen molar-refractivity contribution in [2.24, 2.45) is 5.16 Å². The molecule has 0 aromatic heterocycles. The molecule has 0 radical (unpaired) electrons. The lowest BCUT2D eigenvalue weighted by Crippen LogP contribution is -2.34. The predicted octanol–water partition coefficient (Wildman–Crippen LogP) is 0.404. The first-order chi connectivity index (χ1) is 9.60. The summed E-state index contributed by atoms with van der Waals surface area (Å²) in [6.45, 7) is 0.271. The lowest BCUT2D eigenvalue weighted by atomic mass is 10.1. The molecule has 2 rings (SSSR count). The number of oxime groups is 1. The van der Waals surface area contributed by atoms with Gasteiger partial charge in [-0.3, -0.25) is 4.79 Å². The molecule has 0 fully saturated rings. The highest BCUT2D eigenvalue weighted by Gasteiger charge is 2.31. The Labute approximate surface area is 114 Å². The second-order valence-electron chi connectivity index (χ2n) is 4.17. The molecule has 0 spiro atoms. The molecule has 7 nitrogen and oxygen atoms in total. The zero-order chi connectivity index (χ0) is 14.5. The van der Waals surface area contributed by atoms with Gasteiger partial charge in [0.1, 0.15) is 0 Å². The van der Waals surface area contributed by atoms with Crippen LogP contribution in [0.2, 0.25) is 0 Å². The minimum absolute atomic E-state index is 0.0471. The molecule has 1 aliphatic rings. The van der Waals surface area contributed by atoms with E-state index in [1.54, 1.807) is 24.3 Å². The number of carboxylic acid groups (broad SMARTS) is 1. The fourth-order valence-electron chi connectivity index (χ4n) is 1.64. The second kappa shape index (κ2) is 5.84. The monoisotopic (exact) mass is 273 g/mol. The molecule has 0 bridgehead atoms. The Morgan fingerprint density at radius 1 is 1.45 bits per heavy atom. The number of aliphatic carboxylic acids is 1. The number of benzene rings is 1. The SMILES string of the molecule is N#Cc1ccc(CNC(=O)C2CC(C(=O)O)=NO2)cc1. The summed E-state index contributed by atoms with van der Waals surface area (Å²) in [6.07, 6.45) is -0.950. The molecule has 1 aliphatic heterocycles. The largest absolute Gasteiger partial charge is 0.477 e. The zero-order valence-electron chi connectivity index (χ0n) is 10.4. The number of carboxylic acids is 1. The zero-order valence-corrected chi connectivity index (χ0v) is 10.4. The van der Waals surface area contributed by atoms with E-state index < -0.39 is 18.0 Å². The van der Waals surface area contributed by atoms with Crippen LogP contribution in [0.5, 0.6) is 0 Å². The maximum absolute atomic E-state index is 11.8. The number of carbonyl (C=O) groups is 2. The van der Waals surface area contributed by atoms with Crippen molar-refractivity contribution in [3.63, 3.8) is 0 Å². The summed E-state index contributed by atoms with van der Waals surface area (Å²) in [6, 6.07) is 8.76. The summed E-state index contributed by atoms with van der Waals surface area (Å²) in [4.78, 5) is 27.2. The van der Waals surface area contributed by atoms with Gasteiger partial charge in [-0.2, -0.15) is 5.26 Å². The molecule has 0 saturated carbocycles. The molecular weight excluding hydrogens is 262 g/mol. The Hall–Kier alpha value is -2.88. The summed E-state index contributed by atoms with van der Waals surface area (Å²) in [7, 11) is 0. The number of nitriles is 1. The Bertz CT molecular complexity index is 601. The maximum Gasteiger partial charge on any atom is 0.353 e. The van der Waals surface area contributed by atoms with Crippen LogP contribution in [-0.4, -0.2) is 28.8 Å². The maximum atomic E-state index is 11.8. The van der Waals surface area contributed by atoms with E-state index in [0.717, 1.165) is 5.56 Å². The van der Waals surface area contributed by atoms with Gasteiger partial charge in [0.15, 0.2) is 5.71 Å². The quantitative estimate of drug-likeness (QED) is 0.824. The van der Waals surface area contributed by atoms with Crippen LogP contribution >= 0.6 is 0 Å². The van der Waals surface area contributed by atoms with E-state index in [4.69, 9.17) is 15.2 Å². The molecule has 20 heavy (non-hydrogen) atoms. The van der Waals surface area contributed by atoms with Crippen LogP contribution < -0.4 is 5.32 Å². The first kappa shape index (κ1) is 13.5. The van der Waals surface area contributed by atoms with Crippen LogP contribution in [0, 0.1) is 11.3 Å². The van der Waals surface area contributed by atoms with Crippen molar-refractivity contribution in [3.05, 3.63) is 35.4 Å². The van der Waals surface area contributed by atoms with Gasteiger partial charge in [-0.25, -0.2) is 4.79 Å². The number of nitrogens with zero attached hydrogens (tertiary/aromatic N) is 2. The molecule has 2 N–H and O–H groups in total. The third-order valence-corrected chi connectivity index (χ3v) is 2.76. The number of hydrogen-bond donors (Lipinski definition) is 2. The third kappa shape index (κ3) is 3.11. The van der Waals surface area contributed by atoms with Crippen molar-refractivity contribution in [2.75, 3.05) is 0 Å². The second-order valence-corrected chi connectivity index (χ2v) is 4.17. The Morgan fingerprint density at radius 2 is 2.15 bits per heavy atom. The number of amides is 1. The average molecular weight is 273 g/mol. The summed E-state index contributed by atoms with van der Waals surface area (Å²) < 4.78 is 0. The van der Waals surface area contributed by atoms with E-state index in [1.807, 2.05) is 6.07 Å². The molecule has 1 amide bonds. The third-order valence-electron chi connectivity index (χ3n) is 2.76. The van der Waals surface area contributed by atoms with Gasteiger partial charge >= 0.3 is 5.97 Å². The van der Waals surface area contributed by atoms with E-state index in [2.05, 4.69) is 10.5 Å². The van der Waals surface area contributed by atoms with Crippen molar-refractivity contribution in [2.45, 2.75) is 19.1 Å². The van der Waals surface area contributed by atoms with Crippen LogP contribution in [0.4, 0.5) is 0 Å². The highest BCUT2D eigenvalue weighted by atomic mass is 16.6. The van der Waals surface area contributed by atoms with Gasteiger partial charge in [0, 0.05) is 13.0 Å². The molecule has 1 atom stereocenters. The Balaban J connectivity index is 1.84. The van der Waals surface area contributed by atoms with Gasteiger partial charge in [0.2, 0.25) is 6.10 Å². The highest BCUT2D eigenvalue weighted by Crippen LogP contribution is 2.11. The van der Waals surface area contributed by atoms with Gasteiger partial charge in [-0.05, 0) is 17.7 Å². The van der Waals surface area contributed by atoms with Gasteiger partial charge in [-0.1, -0.05) is 17.3 Å². The van der Waals surface area contributed by atoms with E-state index in [1.165, 1.54) is 0 Å². The topological polar surface area (TPSA) is 112 Å². The standard InChI is InChI=1S/C13H11N3O4/c14-6-8-1-3-9(4-2-8)7-15-12(17)11-5-10(13(18)19)16-20-11/h1-4,11H,5,7H2,(H,15,17)(H,18,19). The molecular formula is C13H11N3O4. The minimum Gasteiger partial charge on any atom is -0.477 e. The lowest BCUT2D eigenvalue weighted by molar-refractivity contribution is -0.131. The summed E-state index contributed by atoms with van der Waals surface area (Å²) in [5.74, 6) is -1.61. The van der Waals surface area contributed by atoms with E-state index in [0.29, 0.717) is 5.56 Å². The average Bonchev–Trinajstić information content (AvgIpc) is 2.95. The molecule has 7 heteroatoms. The first-order valence-electron chi connectivity index (χ1n) is 5.83. The van der Waals surface area contributed by atoms with Gasteiger partial charge in [-0.15, -0.1) is 0 Å². The van der Waals surface area contributed by atoms with Crippen molar-refractivity contribution in [1.82, 2.24) is 5.32 Å². The van der Waals surface area contributed by atoms with Crippen molar-refractivity contribution >= 4 is 17.6 Å². The number of nitrogens with one attached hydrogen (secondary N) is 1. The van der Waals surface area contributed by atoms with Crippen molar-refractivity contribution < 1.29 is 19.5 Å². The fraction of sp³-hybridized carbons (Fsp3) is 0.231. The molecule has 1 aromatic rings. The van der Waals surface area contributed by atoms with Gasteiger partial charge < -0.3 is 15.3 Å². The molecule has 0 saturated heterocycles.